The Kier molecular flexibility index (Phi) is 4.81. The van der Waals surface area contributed by atoms with Gasteiger partial charge in [0.25, 0.3) is 0 Å². The highest BCUT2D eigenvalue weighted by atomic mass is 35.5. The van der Waals surface area contributed by atoms with Crippen LogP contribution in [0.1, 0.15) is 61.3 Å². The number of ketones is 1. The summed E-state index contributed by atoms with van der Waals surface area (Å²) in [4.78, 5) is 25.3. The highest BCUT2D eigenvalue weighted by molar-refractivity contribution is 6.33. The van der Waals surface area contributed by atoms with Gasteiger partial charge < -0.3 is 13.7 Å². The fraction of sp³-hybridized carbons (Fsp3) is 0.444. The average molecular weight is 350 g/mol. The summed E-state index contributed by atoms with van der Waals surface area (Å²) in [5, 5.41) is 0.314. The van der Waals surface area contributed by atoms with Gasteiger partial charge in [0.2, 0.25) is 5.78 Å². The Hall–Kier alpha value is -2.01. The zero-order chi connectivity index (χ0) is 17.3. The molecule has 0 radical (unpaired) electrons. The molecule has 0 aliphatic carbocycles. The third kappa shape index (κ3) is 3.13. The monoisotopic (exact) mass is 349 g/mol. The van der Waals surface area contributed by atoms with Crippen LogP contribution in [0.5, 0.6) is 0 Å². The maximum Gasteiger partial charge on any atom is 0.315 e. The molecule has 1 aliphatic rings. The number of hydrogen-bond acceptors (Lipinski definition) is 4. The molecule has 2 unspecified atom stereocenters. The predicted octanol–water partition coefficient (Wildman–Crippen LogP) is 4.38. The van der Waals surface area contributed by atoms with E-state index in [4.69, 9.17) is 20.8 Å². The van der Waals surface area contributed by atoms with Gasteiger partial charge in [-0.05, 0) is 51.3 Å². The zero-order valence-electron chi connectivity index (χ0n) is 13.7. The van der Waals surface area contributed by atoms with Crippen LogP contribution in [-0.4, -0.2) is 22.4 Å². The van der Waals surface area contributed by atoms with E-state index in [2.05, 4.69) is 0 Å². The molecule has 0 saturated carbocycles. The summed E-state index contributed by atoms with van der Waals surface area (Å²) in [5.74, 6) is -0.591. The van der Waals surface area contributed by atoms with Crippen molar-refractivity contribution < 1.29 is 18.7 Å². The van der Waals surface area contributed by atoms with Crippen molar-refractivity contribution in [2.24, 2.45) is 0 Å². The van der Waals surface area contributed by atoms with Gasteiger partial charge in [0.15, 0.2) is 5.76 Å². The van der Waals surface area contributed by atoms with Crippen molar-refractivity contribution in [2.75, 3.05) is 0 Å². The molecule has 6 heteroatoms. The fourth-order valence-electron chi connectivity index (χ4n) is 3.22. The predicted molar refractivity (Wildman–Crippen MR) is 89.3 cm³/mol. The fourth-order valence-corrected chi connectivity index (χ4v) is 3.41. The minimum atomic E-state index is -0.421. The highest BCUT2D eigenvalue weighted by Gasteiger charge is 2.34. The van der Waals surface area contributed by atoms with Crippen LogP contribution in [0.4, 0.5) is 0 Å². The summed E-state index contributed by atoms with van der Waals surface area (Å²) in [6.45, 7) is 3.66. The number of Topliss-reactive ketones (excluding diaryl/α,β-unsaturated/α-hetero) is 1. The number of esters is 1. The van der Waals surface area contributed by atoms with Crippen LogP contribution in [0.25, 0.3) is 0 Å². The summed E-state index contributed by atoms with van der Waals surface area (Å²) >= 11 is 6.03. The molecule has 1 aliphatic heterocycles. The molecule has 0 amide bonds. The van der Waals surface area contributed by atoms with Crippen LogP contribution in [-0.2, 0) is 9.53 Å². The van der Waals surface area contributed by atoms with E-state index in [1.165, 1.54) is 6.26 Å². The van der Waals surface area contributed by atoms with Gasteiger partial charge in [0.05, 0.1) is 29.3 Å². The Morgan fingerprint density at radius 2 is 2.12 bits per heavy atom. The number of rotatable bonds is 4. The van der Waals surface area contributed by atoms with Crippen molar-refractivity contribution in [1.82, 2.24) is 4.57 Å². The molecule has 128 valence electrons. The molecular formula is C18H20ClNO4. The third-order valence-electron chi connectivity index (χ3n) is 4.25. The second-order valence-electron chi connectivity index (χ2n) is 6.29. The minimum absolute atomic E-state index is 0.163. The van der Waals surface area contributed by atoms with Gasteiger partial charge >= 0.3 is 5.97 Å². The normalized spacial score (nSPS) is 20.5. The van der Waals surface area contributed by atoms with Crippen molar-refractivity contribution in [2.45, 2.75) is 51.2 Å². The number of ether oxygens (including phenoxy) is 1. The van der Waals surface area contributed by atoms with Crippen LogP contribution in [0.3, 0.4) is 0 Å². The molecule has 0 aromatic carbocycles. The van der Waals surface area contributed by atoms with Crippen molar-refractivity contribution in [3.63, 3.8) is 0 Å². The van der Waals surface area contributed by atoms with E-state index < -0.39 is 6.04 Å². The molecule has 2 aromatic heterocycles. The maximum absolute atomic E-state index is 12.8. The Balaban J connectivity index is 1.92. The van der Waals surface area contributed by atoms with Crippen LogP contribution >= 0.6 is 11.6 Å². The van der Waals surface area contributed by atoms with E-state index in [1.807, 2.05) is 36.7 Å². The molecule has 2 aromatic rings. The molecule has 0 bridgehead atoms. The van der Waals surface area contributed by atoms with Crippen LogP contribution in [0.15, 0.2) is 35.1 Å². The Labute approximate surface area is 145 Å². The first-order chi connectivity index (χ1) is 11.5. The van der Waals surface area contributed by atoms with E-state index in [0.717, 1.165) is 12.1 Å². The number of aromatic nitrogens is 1. The highest BCUT2D eigenvalue weighted by Crippen LogP contribution is 2.36. The first-order valence-corrected chi connectivity index (χ1v) is 8.51. The Morgan fingerprint density at radius 3 is 2.79 bits per heavy atom. The van der Waals surface area contributed by atoms with Gasteiger partial charge in [-0.1, -0.05) is 11.6 Å². The third-order valence-corrected chi connectivity index (χ3v) is 4.55. The van der Waals surface area contributed by atoms with E-state index in [9.17, 15) is 9.59 Å². The van der Waals surface area contributed by atoms with E-state index in [-0.39, 0.29) is 29.5 Å². The molecule has 3 heterocycles. The lowest BCUT2D eigenvalue weighted by Crippen LogP contribution is -2.23. The largest absolute Gasteiger partial charge is 0.462 e. The van der Waals surface area contributed by atoms with Crippen molar-refractivity contribution in [3.8, 4) is 0 Å². The van der Waals surface area contributed by atoms with Gasteiger partial charge in [-0.25, -0.2) is 0 Å². The molecule has 0 spiro atoms. The average Bonchev–Trinajstić information content (AvgIpc) is 3.11. The molecule has 3 rings (SSSR count). The van der Waals surface area contributed by atoms with E-state index >= 15 is 0 Å². The van der Waals surface area contributed by atoms with E-state index in [1.54, 1.807) is 6.07 Å². The van der Waals surface area contributed by atoms with Crippen LogP contribution in [0, 0.1) is 0 Å². The van der Waals surface area contributed by atoms with Crippen molar-refractivity contribution in [1.29, 1.82) is 0 Å². The summed E-state index contributed by atoms with van der Waals surface area (Å²) < 4.78 is 12.5. The first-order valence-electron chi connectivity index (χ1n) is 8.13. The smallest absolute Gasteiger partial charge is 0.315 e. The maximum atomic E-state index is 12.8. The number of furan rings is 1. The van der Waals surface area contributed by atoms with Crippen LogP contribution in [0.2, 0.25) is 5.02 Å². The Bertz CT molecular complexity index is 746. The second-order valence-corrected chi connectivity index (χ2v) is 6.69. The molecule has 0 N–H and O–H groups in total. The van der Waals surface area contributed by atoms with Gasteiger partial charge in [0.1, 0.15) is 0 Å². The number of nitrogens with zero attached hydrogens (tertiary/aromatic N) is 1. The van der Waals surface area contributed by atoms with Crippen molar-refractivity contribution in [3.05, 3.63) is 47.1 Å². The molecule has 24 heavy (non-hydrogen) atoms. The molecular weight excluding hydrogens is 330 g/mol. The lowest BCUT2D eigenvalue weighted by molar-refractivity contribution is -0.149. The SMILES string of the molecule is CC(C)OC(=O)C1CCCC(C(=O)c2occc2Cl)n2cccc21. The first kappa shape index (κ1) is 16.8. The zero-order valence-corrected chi connectivity index (χ0v) is 14.5. The summed E-state index contributed by atoms with van der Waals surface area (Å²) in [6, 6.07) is 4.86. The summed E-state index contributed by atoms with van der Waals surface area (Å²) in [6.07, 6.45) is 5.10. The van der Waals surface area contributed by atoms with Crippen LogP contribution < -0.4 is 0 Å². The van der Waals surface area contributed by atoms with Crippen molar-refractivity contribution >= 4 is 23.4 Å². The quantitative estimate of drug-likeness (QED) is 0.607. The van der Waals surface area contributed by atoms with Gasteiger partial charge in [0, 0.05) is 11.9 Å². The number of halogens is 1. The molecule has 5 nitrogen and oxygen atoms in total. The Morgan fingerprint density at radius 1 is 1.33 bits per heavy atom. The van der Waals surface area contributed by atoms with Gasteiger partial charge in [-0.3, -0.25) is 9.59 Å². The second kappa shape index (κ2) is 6.85. The number of fused-ring (bicyclic) bond motifs is 1. The molecule has 0 saturated heterocycles. The van der Waals surface area contributed by atoms with Gasteiger partial charge in [-0.15, -0.1) is 0 Å². The molecule has 0 fully saturated rings. The standard InChI is InChI=1S/C18H20ClNO4/c1-11(2)24-18(22)12-5-3-6-15(20-9-4-7-14(12)20)16(21)17-13(19)8-10-23-17/h4,7-12,15H,3,5-6H2,1-2H3. The lowest BCUT2D eigenvalue weighted by Gasteiger charge is -2.20. The summed E-state index contributed by atoms with van der Waals surface area (Å²) in [5.41, 5.74) is 0.805. The number of hydrogen-bond donors (Lipinski definition) is 0. The minimum Gasteiger partial charge on any atom is -0.462 e. The lowest BCUT2D eigenvalue weighted by atomic mass is 9.99. The summed E-state index contributed by atoms with van der Waals surface area (Å²) in [7, 11) is 0. The number of carbonyl (C=O) groups excluding carboxylic acids is 2. The molecule has 2 atom stereocenters. The number of carbonyl (C=O) groups is 2. The topological polar surface area (TPSA) is 61.4 Å². The van der Waals surface area contributed by atoms with E-state index in [0.29, 0.717) is 17.9 Å². The van der Waals surface area contributed by atoms with Gasteiger partial charge in [-0.2, -0.15) is 0 Å².